The van der Waals surface area contributed by atoms with E-state index in [0.29, 0.717) is 5.92 Å². The molecule has 1 atom stereocenters. The first-order valence-corrected chi connectivity index (χ1v) is 7.81. The van der Waals surface area contributed by atoms with Gasteiger partial charge in [-0.25, -0.2) is 0 Å². The molecule has 0 bridgehead atoms. The second-order valence-electron chi connectivity index (χ2n) is 4.31. The molecule has 0 rings (SSSR count). The van der Waals surface area contributed by atoms with Gasteiger partial charge in [-0.05, 0) is 31.6 Å². The summed E-state index contributed by atoms with van der Waals surface area (Å²) in [4.78, 5) is 0. The normalized spacial score (nSPS) is 14.2. The van der Waals surface area contributed by atoms with E-state index in [0.717, 1.165) is 0 Å². The Morgan fingerprint density at radius 3 is 2.08 bits per heavy atom. The van der Waals surface area contributed by atoms with E-state index in [9.17, 15) is 0 Å². The lowest BCUT2D eigenvalue weighted by Gasteiger charge is -2.26. The zero-order valence-corrected chi connectivity index (χ0v) is 9.85. The Balaban J connectivity index is 4.24. The summed E-state index contributed by atoms with van der Waals surface area (Å²) < 4.78 is 5.92. The molecule has 0 aromatic heterocycles. The van der Waals surface area contributed by atoms with Crippen molar-refractivity contribution in [2.24, 2.45) is 5.92 Å². The molecule has 0 spiro atoms. The van der Waals surface area contributed by atoms with Crippen molar-refractivity contribution < 1.29 is 4.43 Å². The van der Waals surface area contributed by atoms with Gasteiger partial charge in [0.25, 0.3) is 0 Å². The Bertz CT molecular complexity index is 173. The largest absolute Gasteiger partial charge is 0.410 e. The van der Waals surface area contributed by atoms with Crippen molar-refractivity contribution in [3.63, 3.8) is 0 Å². The fourth-order valence-corrected chi connectivity index (χ4v) is 2.04. The maximum Gasteiger partial charge on any atom is 0.184 e. The van der Waals surface area contributed by atoms with E-state index in [1.807, 2.05) is 6.08 Å². The molecular formula is C10H20OSi. The van der Waals surface area contributed by atoms with Crippen LogP contribution in [-0.4, -0.2) is 14.4 Å². The number of rotatable bonds is 4. The van der Waals surface area contributed by atoms with Gasteiger partial charge in [0.15, 0.2) is 8.32 Å². The average Bonchev–Trinajstić information content (AvgIpc) is 1.83. The Morgan fingerprint density at radius 1 is 1.33 bits per heavy atom. The van der Waals surface area contributed by atoms with Crippen LogP contribution in [0.2, 0.25) is 19.6 Å². The minimum atomic E-state index is -1.42. The first-order valence-electron chi connectivity index (χ1n) is 4.40. The van der Waals surface area contributed by atoms with Crippen molar-refractivity contribution >= 4 is 8.32 Å². The molecule has 0 aliphatic rings. The summed E-state index contributed by atoms with van der Waals surface area (Å²) in [6.07, 6.45) is 2.11. The molecule has 0 saturated heterocycles. The Kier molecular flexibility index (Phi) is 4.54. The molecule has 0 heterocycles. The molecule has 0 fully saturated rings. The highest BCUT2D eigenvalue weighted by Gasteiger charge is 2.21. The van der Waals surface area contributed by atoms with Gasteiger partial charge in [-0.3, -0.25) is 0 Å². The van der Waals surface area contributed by atoms with E-state index in [-0.39, 0.29) is 6.10 Å². The van der Waals surface area contributed by atoms with Crippen LogP contribution in [0.1, 0.15) is 13.8 Å². The van der Waals surface area contributed by atoms with E-state index in [1.165, 1.54) is 0 Å². The highest BCUT2D eigenvalue weighted by molar-refractivity contribution is 6.69. The summed E-state index contributed by atoms with van der Waals surface area (Å²) in [5.41, 5.74) is 2.79. The van der Waals surface area contributed by atoms with Crippen LogP contribution >= 0.6 is 0 Å². The molecule has 0 saturated carbocycles. The van der Waals surface area contributed by atoms with Crippen molar-refractivity contribution in [1.29, 1.82) is 0 Å². The number of hydrogen-bond donors (Lipinski definition) is 0. The van der Waals surface area contributed by atoms with Gasteiger partial charge in [0.1, 0.15) is 0 Å². The third kappa shape index (κ3) is 5.36. The van der Waals surface area contributed by atoms with Gasteiger partial charge in [-0.1, -0.05) is 20.4 Å². The van der Waals surface area contributed by atoms with Crippen molar-refractivity contribution in [3.8, 4) is 0 Å². The minimum Gasteiger partial charge on any atom is -0.410 e. The average molecular weight is 184 g/mol. The summed E-state index contributed by atoms with van der Waals surface area (Å²) >= 11 is 0. The smallest absolute Gasteiger partial charge is 0.184 e. The zero-order valence-electron chi connectivity index (χ0n) is 8.85. The lowest BCUT2D eigenvalue weighted by atomic mass is 10.1. The van der Waals surface area contributed by atoms with Crippen LogP contribution in [-0.2, 0) is 4.43 Å². The fraction of sp³-hybridized carbons (Fsp3) is 0.700. The Hall–Kier alpha value is -0.303. The highest BCUT2D eigenvalue weighted by Crippen LogP contribution is 2.14. The fourth-order valence-electron chi connectivity index (χ4n) is 0.887. The molecule has 0 radical (unpaired) electrons. The zero-order chi connectivity index (χ0) is 9.78. The highest BCUT2D eigenvalue weighted by atomic mass is 28.4. The van der Waals surface area contributed by atoms with Gasteiger partial charge in [0, 0.05) is 0 Å². The summed E-state index contributed by atoms with van der Waals surface area (Å²) in [6.45, 7) is 14.5. The van der Waals surface area contributed by atoms with Crippen LogP contribution in [0, 0.1) is 5.92 Å². The van der Waals surface area contributed by atoms with Crippen LogP contribution in [0.25, 0.3) is 0 Å². The van der Waals surface area contributed by atoms with Crippen LogP contribution in [0.15, 0.2) is 18.4 Å². The monoisotopic (exact) mass is 184 g/mol. The molecule has 1 unspecified atom stereocenters. The quantitative estimate of drug-likeness (QED) is 0.481. The molecule has 0 aliphatic carbocycles. The molecule has 0 aromatic carbocycles. The van der Waals surface area contributed by atoms with E-state index in [2.05, 4.69) is 45.8 Å². The van der Waals surface area contributed by atoms with Gasteiger partial charge in [0.05, 0.1) is 6.10 Å². The van der Waals surface area contributed by atoms with Gasteiger partial charge in [0.2, 0.25) is 0 Å². The van der Waals surface area contributed by atoms with E-state index in [1.54, 1.807) is 0 Å². The summed E-state index contributed by atoms with van der Waals surface area (Å²) in [7, 11) is -1.42. The number of hydrogen-bond acceptors (Lipinski definition) is 1. The summed E-state index contributed by atoms with van der Waals surface area (Å²) in [5, 5.41) is 0. The molecule has 0 N–H and O–H groups in total. The second-order valence-corrected chi connectivity index (χ2v) is 8.77. The van der Waals surface area contributed by atoms with E-state index < -0.39 is 8.32 Å². The second kappa shape index (κ2) is 4.66. The predicted molar refractivity (Wildman–Crippen MR) is 56.8 cm³/mol. The topological polar surface area (TPSA) is 9.23 Å². The maximum atomic E-state index is 5.92. The van der Waals surface area contributed by atoms with Crippen LogP contribution in [0.3, 0.4) is 0 Å². The third-order valence-electron chi connectivity index (χ3n) is 1.43. The lowest BCUT2D eigenvalue weighted by molar-refractivity contribution is 0.190. The van der Waals surface area contributed by atoms with Crippen LogP contribution in [0.5, 0.6) is 0 Å². The van der Waals surface area contributed by atoms with Crippen molar-refractivity contribution in [3.05, 3.63) is 18.4 Å². The molecule has 70 valence electrons. The molecule has 12 heavy (non-hydrogen) atoms. The predicted octanol–water partition coefficient (Wildman–Crippen LogP) is 3.20. The Labute approximate surface area is 77.3 Å². The Morgan fingerprint density at radius 2 is 1.83 bits per heavy atom. The summed E-state index contributed by atoms with van der Waals surface area (Å²) in [6, 6.07) is 0. The van der Waals surface area contributed by atoms with Gasteiger partial charge < -0.3 is 4.43 Å². The molecule has 0 aromatic rings. The first kappa shape index (κ1) is 11.7. The minimum absolute atomic E-state index is 0.189. The maximum absolute atomic E-state index is 5.92. The molecule has 0 amide bonds. The van der Waals surface area contributed by atoms with Crippen LogP contribution < -0.4 is 0 Å². The third-order valence-corrected chi connectivity index (χ3v) is 2.41. The summed E-state index contributed by atoms with van der Waals surface area (Å²) in [5.74, 6) is 0.506. The van der Waals surface area contributed by atoms with E-state index in [4.69, 9.17) is 4.43 Å². The molecular weight excluding hydrogens is 164 g/mol. The van der Waals surface area contributed by atoms with Gasteiger partial charge in [-0.2, -0.15) is 0 Å². The van der Waals surface area contributed by atoms with Crippen LogP contribution in [0.4, 0.5) is 0 Å². The van der Waals surface area contributed by atoms with Gasteiger partial charge in [-0.15, -0.1) is 5.73 Å². The van der Waals surface area contributed by atoms with E-state index >= 15 is 0 Å². The first-order chi connectivity index (χ1) is 5.37. The van der Waals surface area contributed by atoms with Gasteiger partial charge >= 0.3 is 0 Å². The molecule has 1 nitrogen and oxygen atoms in total. The van der Waals surface area contributed by atoms with Crippen molar-refractivity contribution in [2.75, 3.05) is 0 Å². The van der Waals surface area contributed by atoms with Crippen molar-refractivity contribution in [2.45, 2.75) is 39.6 Å². The van der Waals surface area contributed by atoms with Crippen molar-refractivity contribution in [1.82, 2.24) is 0 Å². The SMILES string of the molecule is C=C=CC(O[Si](C)(C)C)C(C)C. The lowest BCUT2D eigenvalue weighted by Crippen LogP contribution is -2.33. The molecule has 0 aliphatic heterocycles. The standard InChI is InChI=1S/C10H20OSi/c1-7-8-10(9(2)3)11-12(4,5)6/h8-10H,1H2,2-6H3. The molecule has 2 heteroatoms.